The van der Waals surface area contributed by atoms with Crippen molar-refractivity contribution in [1.82, 2.24) is 10.2 Å². The van der Waals surface area contributed by atoms with Crippen LogP contribution in [-0.2, 0) is 0 Å². The Bertz CT molecular complexity index is 569. The molecule has 1 amide bonds. The van der Waals surface area contributed by atoms with E-state index >= 15 is 0 Å². The van der Waals surface area contributed by atoms with Gasteiger partial charge in [-0.3, -0.25) is 4.79 Å². The maximum Gasteiger partial charge on any atom is 0.251 e. The normalized spacial score (nSPS) is 25.5. The molecule has 2 atom stereocenters. The van der Waals surface area contributed by atoms with Gasteiger partial charge in [-0.1, -0.05) is 19.3 Å². The summed E-state index contributed by atoms with van der Waals surface area (Å²) in [6, 6.07) is 6.88. The van der Waals surface area contributed by atoms with Crippen molar-refractivity contribution in [3.8, 4) is 5.75 Å². The van der Waals surface area contributed by atoms with Crippen LogP contribution < -0.4 is 10.1 Å². The summed E-state index contributed by atoms with van der Waals surface area (Å²) < 4.78 is 5.14. The highest BCUT2D eigenvalue weighted by molar-refractivity contribution is 5.94. The van der Waals surface area contributed by atoms with Crippen LogP contribution in [0, 0.1) is 5.92 Å². The van der Waals surface area contributed by atoms with Crippen LogP contribution >= 0.6 is 0 Å². The van der Waals surface area contributed by atoms with Gasteiger partial charge in [0.2, 0.25) is 0 Å². The van der Waals surface area contributed by atoms with E-state index in [2.05, 4.69) is 10.2 Å². The Morgan fingerprint density at radius 3 is 2.58 bits per heavy atom. The van der Waals surface area contributed by atoms with Crippen molar-refractivity contribution >= 4 is 5.91 Å². The summed E-state index contributed by atoms with van der Waals surface area (Å²) in [4.78, 5) is 15.0. The third-order valence-electron chi connectivity index (χ3n) is 5.80. The second-order valence-corrected chi connectivity index (χ2v) is 7.78. The number of rotatable bonds is 5. The Morgan fingerprint density at radius 1 is 1.15 bits per heavy atom. The third-order valence-corrected chi connectivity index (χ3v) is 5.80. The summed E-state index contributed by atoms with van der Waals surface area (Å²) in [5.74, 6) is 1.38. The summed E-state index contributed by atoms with van der Waals surface area (Å²) >= 11 is 0. The Labute approximate surface area is 156 Å². The molecular formula is C21H32N2O3. The van der Waals surface area contributed by atoms with Gasteiger partial charge in [0.15, 0.2) is 0 Å². The number of nitrogens with one attached hydrogen (secondary N) is 1. The molecule has 2 unspecified atom stereocenters. The van der Waals surface area contributed by atoms with E-state index in [0.717, 1.165) is 44.1 Å². The first-order valence-electron chi connectivity index (χ1n) is 10.0. The highest BCUT2D eigenvalue weighted by atomic mass is 16.5. The standard InChI is InChI=1S/C21H32N2O3/c1-26-18-11-9-17(10-12-18)21(25)22-19-15-23(13-5-8-20(19)24)14-16-6-3-2-4-7-16/h9-12,16,19-20,24H,2-8,13-15H2,1H3,(H,22,25). The minimum absolute atomic E-state index is 0.129. The first-order chi connectivity index (χ1) is 12.7. The predicted octanol–water partition coefficient (Wildman–Crippen LogP) is 2.83. The van der Waals surface area contributed by atoms with Gasteiger partial charge < -0.3 is 20.1 Å². The number of carbonyl (C=O) groups is 1. The summed E-state index contributed by atoms with van der Waals surface area (Å²) in [5, 5.41) is 13.5. The molecule has 2 fully saturated rings. The van der Waals surface area contributed by atoms with Crippen molar-refractivity contribution in [1.29, 1.82) is 0 Å². The van der Waals surface area contributed by atoms with Crippen LogP contribution in [0.5, 0.6) is 5.75 Å². The molecule has 0 bridgehead atoms. The Balaban J connectivity index is 1.59. The van der Waals surface area contributed by atoms with E-state index in [-0.39, 0.29) is 11.9 Å². The van der Waals surface area contributed by atoms with Gasteiger partial charge in [0.05, 0.1) is 19.3 Å². The number of carbonyl (C=O) groups excluding carboxylic acids is 1. The monoisotopic (exact) mass is 360 g/mol. The molecule has 26 heavy (non-hydrogen) atoms. The predicted molar refractivity (Wildman–Crippen MR) is 103 cm³/mol. The average molecular weight is 360 g/mol. The van der Waals surface area contributed by atoms with E-state index < -0.39 is 6.10 Å². The molecule has 1 heterocycles. The van der Waals surface area contributed by atoms with E-state index in [0.29, 0.717) is 5.56 Å². The molecule has 2 N–H and O–H groups in total. The number of amides is 1. The van der Waals surface area contributed by atoms with Gasteiger partial charge in [0.1, 0.15) is 5.75 Å². The molecule has 1 saturated heterocycles. The lowest BCUT2D eigenvalue weighted by atomic mass is 9.89. The van der Waals surface area contributed by atoms with Crippen LogP contribution in [0.15, 0.2) is 24.3 Å². The molecule has 2 aliphatic rings. The molecule has 3 rings (SSSR count). The largest absolute Gasteiger partial charge is 0.497 e. The molecule has 0 radical (unpaired) electrons. The van der Waals surface area contributed by atoms with Crippen LogP contribution in [0.1, 0.15) is 55.3 Å². The first-order valence-corrected chi connectivity index (χ1v) is 10.0. The Morgan fingerprint density at radius 2 is 1.88 bits per heavy atom. The number of hydrogen-bond acceptors (Lipinski definition) is 4. The number of ether oxygens (including phenoxy) is 1. The summed E-state index contributed by atoms with van der Waals surface area (Å²) in [7, 11) is 1.61. The van der Waals surface area contributed by atoms with Crippen LogP contribution in [0.2, 0.25) is 0 Å². The molecule has 0 aromatic heterocycles. The number of aliphatic hydroxyl groups is 1. The molecule has 144 valence electrons. The zero-order valence-electron chi connectivity index (χ0n) is 15.8. The fraction of sp³-hybridized carbons (Fsp3) is 0.667. The van der Waals surface area contributed by atoms with Gasteiger partial charge in [-0.05, 0) is 62.4 Å². The third kappa shape index (κ3) is 5.21. The van der Waals surface area contributed by atoms with Gasteiger partial charge in [0, 0.05) is 18.7 Å². The van der Waals surface area contributed by atoms with E-state index in [1.54, 1.807) is 31.4 Å². The van der Waals surface area contributed by atoms with E-state index in [1.165, 1.54) is 32.1 Å². The van der Waals surface area contributed by atoms with Gasteiger partial charge in [-0.2, -0.15) is 0 Å². The fourth-order valence-corrected chi connectivity index (χ4v) is 4.25. The lowest BCUT2D eigenvalue weighted by Gasteiger charge is -2.31. The van der Waals surface area contributed by atoms with E-state index in [4.69, 9.17) is 4.74 Å². The molecule has 1 aromatic rings. The van der Waals surface area contributed by atoms with Gasteiger partial charge >= 0.3 is 0 Å². The average Bonchev–Trinajstić information content (AvgIpc) is 2.84. The van der Waals surface area contributed by atoms with Crippen molar-refractivity contribution in [2.24, 2.45) is 5.92 Å². The zero-order chi connectivity index (χ0) is 18.4. The maximum atomic E-state index is 12.6. The maximum absolute atomic E-state index is 12.6. The SMILES string of the molecule is COc1ccc(C(=O)NC2CN(CC3CCCCC3)CCCC2O)cc1. The first kappa shape index (κ1) is 19.2. The summed E-state index contributed by atoms with van der Waals surface area (Å²) in [6.45, 7) is 2.85. The van der Waals surface area contributed by atoms with E-state index in [9.17, 15) is 9.90 Å². The van der Waals surface area contributed by atoms with Crippen LogP contribution in [-0.4, -0.2) is 54.8 Å². The second-order valence-electron chi connectivity index (χ2n) is 7.78. The van der Waals surface area contributed by atoms with Crippen molar-refractivity contribution in [3.05, 3.63) is 29.8 Å². The van der Waals surface area contributed by atoms with Gasteiger partial charge in [-0.25, -0.2) is 0 Å². The molecule has 0 spiro atoms. The zero-order valence-corrected chi connectivity index (χ0v) is 15.8. The number of aliphatic hydroxyl groups excluding tert-OH is 1. The lowest BCUT2D eigenvalue weighted by Crippen LogP contribution is -2.49. The van der Waals surface area contributed by atoms with E-state index in [1.807, 2.05) is 0 Å². The Kier molecular flexibility index (Phi) is 6.92. The van der Waals surface area contributed by atoms with Crippen molar-refractivity contribution < 1.29 is 14.6 Å². The molecule has 1 saturated carbocycles. The number of benzene rings is 1. The van der Waals surface area contributed by atoms with Crippen molar-refractivity contribution in [2.75, 3.05) is 26.7 Å². The molecule has 1 aliphatic heterocycles. The molecule has 5 nitrogen and oxygen atoms in total. The quantitative estimate of drug-likeness (QED) is 0.848. The minimum Gasteiger partial charge on any atom is -0.497 e. The minimum atomic E-state index is -0.478. The van der Waals surface area contributed by atoms with Crippen molar-refractivity contribution in [2.45, 2.75) is 57.1 Å². The number of nitrogens with zero attached hydrogens (tertiary/aromatic N) is 1. The second kappa shape index (κ2) is 9.38. The van der Waals surface area contributed by atoms with Gasteiger partial charge in [0.25, 0.3) is 5.91 Å². The Hall–Kier alpha value is -1.59. The summed E-state index contributed by atoms with van der Waals surface area (Å²) in [6.07, 6.45) is 7.96. The number of methoxy groups -OCH3 is 1. The fourth-order valence-electron chi connectivity index (χ4n) is 4.25. The van der Waals surface area contributed by atoms with Crippen LogP contribution in [0.3, 0.4) is 0 Å². The highest BCUT2D eigenvalue weighted by Crippen LogP contribution is 2.25. The molecule has 1 aliphatic carbocycles. The molecule has 5 heteroatoms. The lowest BCUT2D eigenvalue weighted by molar-refractivity contribution is 0.0789. The number of likely N-dealkylation sites (tertiary alicyclic amines) is 1. The van der Waals surface area contributed by atoms with Crippen LogP contribution in [0.25, 0.3) is 0 Å². The van der Waals surface area contributed by atoms with Crippen molar-refractivity contribution in [3.63, 3.8) is 0 Å². The highest BCUT2D eigenvalue weighted by Gasteiger charge is 2.28. The smallest absolute Gasteiger partial charge is 0.251 e. The summed E-state index contributed by atoms with van der Waals surface area (Å²) in [5.41, 5.74) is 0.598. The van der Waals surface area contributed by atoms with Gasteiger partial charge in [-0.15, -0.1) is 0 Å². The molecular weight excluding hydrogens is 328 g/mol. The molecule has 1 aromatic carbocycles. The van der Waals surface area contributed by atoms with Crippen LogP contribution in [0.4, 0.5) is 0 Å². The topological polar surface area (TPSA) is 61.8 Å². The number of hydrogen-bond donors (Lipinski definition) is 2.